The van der Waals surface area contributed by atoms with Crippen LogP contribution >= 0.6 is 12.4 Å². The summed E-state index contributed by atoms with van der Waals surface area (Å²) in [4.78, 5) is 29.3. The molecule has 6 nitrogen and oxygen atoms in total. The van der Waals surface area contributed by atoms with Crippen molar-refractivity contribution in [1.82, 2.24) is 15.2 Å². The quantitative estimate of drug-likeness (QED) is 0.740. The molecule has 0 spiro atoms. The van der Waals surface area contributed by atoms with Crippen LogP contribution in [0.5, 0.6) is 0 Å². The Hall–Kier alpha value is -2.34. The molecule has 0 radical (unpaired) electrons. The van der Waals surface area contributed by atoms with Crippen molar-refractivity contribution in [2.24, 2.45) is 5.41 Å². The summed E-state index contributed by atoms with van der Waals surface area (Å²) in [7, 11) is 0. The van der Waals surface area contributed by atoms with E-state index in [2.05, 4.69) is 34.3 Å². The van der Waals surface area contributed by atoms with E-state index in [9.17, 15) is 9.59 Å². The zero-order valence-electron chi connectivity index (χ0n) is 13.5. The number of allylic oxidation sites excluding steroid dienone is 2. The minimum Gasteiger partial charge on any atom is -0.343 e. The first-order valence-electron chi connectivity index (χ1n) is 7.70. The van der Waals surface area contributed by atoms with E-state index in [0.717, 1.165) is 17.7 Å². The second-order valence-electron chi connectivity index (χ2n) is 7.05. The lowest BCUT2D eigenvalue weighted by molar-refractivity contribution is -0.118. The minimum absolute atomic E-state index is 0. The molecule has 1 aliphatic heterocycles. The number of carbonyl (C=O) groups excluding carboxylic acids is 1. The molecule has 1 aliphatic carbocycles. The minimum atomic E-state index is -0.367. The van der Waals surface area contributed by atoms with Gasteiger partial charge in [-0.3, -0.25) is 24.8 Å². The van der Waals surface area contributed by atoms with E-state index in [-0.39, 0.29) is 35.1 Å². The van der Waals surface area contributed by atoms with Gasteiger partial charge in [0.05, 0.1) is 5.56 Å². The van der Waals surface area contributed by atoms with Crippen LogP contribution < -0.4 is 10.9 Å². The normalized spacial score (nSPS) is 21.4. The van der Waals surface area contributed by atoms with Crippen molar-refractivity contribution >= 4 is 24.0 Å². The Morgan fingerprint density at radius 3 is 2.71 bits per heavy atom. The number of ketones is 1. The Kier molecular flexibility index (Phi) is 3.87. The molecule has 2 aromatic heterocycles. The molecule has 2 aliphatic rings. The number of pyridine rings is 1. The number of fused-ring (bicyclic) bond motifs is 1. The molecule has 3 N–H and O–H groups in total. The summed E-state index contributed by atoms with van der Waals surface area (Å²) in [5, 5.41) is 8.77. The standard InChI is InChI=1S/C17H18N4O2.ClH/c1-17(2)6-10-13(11(22)7-17)12(9-4-3-5-18-8-9)14-15(19-10)20-21-16(14)23;/h3-5,8,12H,6-7H2,1-2H3,(H3,19,20,21,23);1H. The first-order chi connectivity index (χ1) is 11.0. The average molecular weight is 347 g/mol. The lowest BCUT2D eigenvalue weighted by atomic mass is 9.69. The highest BCUT2D eigenvalue weighted by molar-refractivity contribution is 6.01. The highest BCUT2D eigenvalue weighted by atomic mass is 35.5. The second kappa shape index (κ2) is 5.63. The predicted octanol–water partition coefficient (Wildman–Crippen LogP) is 2.72. The Morgan fingerprint density at radius 2 is 2.00 bits per heavy atom. The Morgan fingerprint density at radius 1 is 1.21 bits per heavy atom. The number of hydrogen-bond acceptors (Lipinski definition) is 4. The third-order valence-electron chi connectivity index (χ3n) is 4.61. The molecule has 126 valence electrons. The highest BCUT2D eigenvalue weighted by Gasteiger charge is 2.42. The Labute approximate surface area is 145 Å². The average Bonchev–Trinajstić information content (AvgIpc) is 2.86. The molecule has 0 fully saturated rings. The van der Waals surface area contributed by atoms with Crippen molar-refractivity contribution in [2.75, 3.05) is 5.32 Å². The number of halogens is 1. The van der Waals surface area contributed by atoms with E-state index in [4.69, 9.17) is 0 Å². The number of carbonyl (C=O) groups is 1. The van der Waals surface area contributed by atoms with Crippen LogP contribution in [0.3, 0.4) is 0 Å². The van der Waals surface area contributed by atoms with Crippen LogP contribution in [0.2, 0.25) is 0 Å². The maximum Gasteiger partial charge on any atom is 0.270 e. The summed E-state index contributed by atoms with van der Waals surface area (Å²) in [5.41, 5.74) is 2.74. The van der Waals surface area contributed by atoms with Gasteiger partial charge in [0, 0.05) is 36.0 Å². The fraction of sp³-hybridized carbons (Fsp3) is 0.353. The van der Waals surface area contributed by atoms with Crippen LogP contribution in [0, 0.1) is 5.41 Å². The van der Waals surface area contributed by atoms with E-state index in [1.165, 1.54) is 0 Å². The molecule has 0 bridgehead atoms. The molecule has 7 heteroatoms. The molecular formula is C17H19ClN4O2. The van der Waals surface area contributed by atoms with Crippen molar-refractivity contribution in [3.05, 3.63) is 57.3 Å². The molecule has 0 aromatic carbocycles. The molecule has 0 saturated carbocycles. The first kappa shape index (κ1) is 16.5. The predicted molar refractivity (Wildman–Crippen MR) is 93.4 cm³/mol. The number of Topliss-reactive ketones (excluding diaryl/α,β-unsaturated/α-hetero) is 1. The smallest absolute Gasteiger partial charge is 0.270 e. The maximum atomic E-state index is 12.8. The third-order valence-corrected chi connectivity index (χ3v) is 4.61. The van der Waals surface area contributed by atoms with Gasteiger partial charge in [0.1, 0.15) is 5.82 Å². The summed E-state index contributed by atoms with van der Waals surface area (Å²) in [6.45, 7) is 4.18. The topological polar surface area (TPSA) is 90.6 Å². The number of nitrogens with one attached hydrogen (secondary N) is 3. The SMILES string of the molecule is CC1(C)CC(=O)C2=C(C1)Nc1[nH][nH]c(=O)c1C2c1cccnc1.Cl. The number of nitrogens with zero attached hydrogens (tertiary/aromatic N) is 1. The van der Waals surface area contributed by atoms with E-state index in [1.54, 1.807) is 12.4 Å². The van der Waals surface area contributed by atoms with Gasteiger partial charge in [0.15, 0.2) is 5.78 Å². The van der Waals surface area contributed by atoms with Crippen LogP contribution in [-0.4, -0.2) is 21.0 Å². The molecule has 3 heterocycles. The van der Waals surface area contributed by atoms with Crippen LogP contribution in [0.25, 0.3) is 0 Å². The largest absolute Gasteiger partial charge is 0.343 e. The highest BCUT2D eigenvalue weighted by Crippen LogP contribution is 2.47. The van der Waals surface area contributed by atoms with Gasteiger partial charge in [-0.1, -0.05) is 19.9 Å². The molecule has 0 saturated heterocycles. The zero-order valence-corrected chi connectivity index (χ0v) is 14.3. The summed E-state index contributed by atoms with van der Waals surface area (Å²) < 4.78 is 0. The van der Waals surface area contributed by atoms with E-state index in [1.807, 2.05) is 12.1 Å². The molecule has 24 heavy (non-hydrogen) atoms. The molecular weight excluding hydrogens is 328 g/mol. The summed E-state index contributed by atoms with van der Waals surface area (Å²) in [5.74, 6) is 0.380. The van der Waals surface area contributed by atoms with Crippen molar-refractivity contribution in [3.63, 3.8) is 0 Å². The van der Waals surface area contributed by atoms with E-state index < -0.39 is 0 Å². The lowest BCUT2D eigenvalue weighted by Crippen LogP contribution is -2.35. The van der Waals surface area contributed by atoms with Crippen LogP contribution in [0.1, 0.15) is 43.7 Å². The van der Waals surface area contributed by atoms with Crippen LogP contribution in [0.4, 0.5) is 5.82 Å². The summed E-state index contributed by atoms with van der Waals surface area (Å²) in [6, 6.07) is 3.74. The number of aromatic amines is 2. The van der Waals surface area contributed by atoms with Crippen LogP contribution in [-0.2, 0) is 4.79 Å². The molecule has 1 unspecified atom stereocenters. The third kappa shape index (κ3) is 2.47. The van der Waals surface area contributed by atoms with Crippen molar-refractivity contribution in [3.8, 4) is 0 Å². The fourth-order valence-corrected chi connectivity index (χ4v) is 3.70. The summed E-state index contributed by atoms with van der Waals surface area (Å²) >= 11 is 0. The van der Waals surface area contributed by atoms with Gasteiger partial charge in [0.25, 0.3) is 5.56 Å². The fourth-order valence-electron chi connectivity index (χ4n) is 3.70. The van der Waals surface area contributed by atoms with E-state index >= 15 is 0 Å². The van der Waals surface area contributed by atoms with Gasteiger partial charge < -0.3 is 5.32 Å². The Balaban J connectivity index is 0.00000169. The van der Waals surface area contributed by atoms with Crippen LogP contribution in [0.15, 0.2) is 40.6 Å². The first-order valence-corrected chi connectivity index (χ1v) is 7.70. The monoisotopic (exact) mass is 346 g/mol. The van der Waals surface area contributed by atoms with Crippen molar-refractivity contribution < 1.29 is 4.79 Å². The van der Waals surface area contributed by atoms with Crippen molar-refractivity contribution in [2.45, 2.75) is 32.6 Å². The maximum absolute atomic E-state index is 12.8. The number of H-pyrrole nitrogens is 2. The van der Waals surface area contributed by atoms with Gasteiger partial charge >= 0.3 is 0 Å². The van der Waals surface area contributed by atoms with Gasteiger partial charge in [-0.2, -0.15) is 0 Å². The number of anilines is 1. The zero-order chi connectivity index (χ0) is 16.2. The number of rotatable bonds is 1. The van der Waals surface area contributed by atoms with Crippen molar-refractivity contribution in [1.29, 1.82) is 0 Å². The van der Waals surface area contributed by atoms with Gasteiger partial charge in [0.2, 0.25) is 0 Å². The molecule has 4 rings (SSSR count). The number of aromatic nitrogens is 3. The van der Waals surface area contributed by atoms with Gasteiger partial charge in [-0.15, -0.1) is 12.4 Å². The van der Waals surface area contributed by atoms with Gasteiger partial charge in [-0.05, 0) is 23.5 Å². The van der Waals surface area contributed by atoms with Gasteiger partial charge in [-0.25, -0.2) is 0 Å². The molecule has 0 amide bonds. The molecule has 1 atom stereocenters. The summed E-state index contributed by atoms with van der Waals surface area (Å²) in [6.07, 6.45) is 4.68. The number of hydrogen-bond donors (Lipinski definition) is 3. The lowest BCUT2D eigenvalue weighted by Gasteiger charge is -2.37. The van der Waals surface area contributed by atoms with E-state index in [0.29, 0.717) is 23.4 Å². The Bertz CT molecular complexity index is 879. The second-order valence-corrected chi connectivity index (χ2v) is 7.05. The molecule has 2 aromatic rings.